The van der Waals surface area contributed by atoms with Crippen molar-refractivity contribution in [3.63, 3.8) is 0 Å². The minimum Gasteiger partial charge on any atom is -0.383 e. The summed E-state index contributed by atoms with van der Waals surface area (Å²) in [5.41, 5.74) is -0.101. The van der Waals surface area contributed by atoms with Crippen molar-refractivity contribution in [3.8, 4) is 0 Å². The topological polar surface area (TPSA) is 70.5 Å². The van der Waals surface area contributed by atoms with Crippen LogP contribution in [-0.4, -0.2) is 58.0 Å². The Labute approximate surface area is 259 Å². The molecule has 1 aromatic carbocycles. The normalized spacial score (nSPS) is 29.9. The SMILES string of the molecule is CN(CCc1ccccn1)C(=O)c1ccc([C@H]2C[C@@]3(C)C(CC[C@]3(O)C(F)(F)C(F)(F)F)C3CCC4=CC(=O)CCC4=C32)cc1. The molecule has 2 unspecified atom stereocenters. The number of hydrogen-bond acceptors (Lipinski definition) is 4. The number of ketones is 1. The van der Waals surface area contributed by atoms with Gasteiger partial charge in [-0.2, -0.15) is 22.0 Å². The molecule has 45 heavy (non-hydrogen) atoms. The van der Waals surface area contributed by atoms with Crippen LogP contribution in [0, 0.1) is 17.3 Å². The molecule has 6 rings (SSSR count). The maximum atomic E-state index is 15.2. The first-order chi connectivity index (χ1) is 21.2. The van der Waals surface area contributed by atoms with Crippen molar-refractivity contribution in [3.05, 3.63) is 88.3 Å². The van der Waals surface area contributed by atoms with Gasteiger partial charge in [0.1, 0.15) is 5.60 Å². The second-order valence-corrected chi connectivity index (χ2v) is 13.4. The van der Waals surface area contributed by atoms with Gasteiger partial charge in [-0.1, -0.05) is 30.7 Å². The van der Waals surface area contributed by atoms with Crippen LogP contribution in [0.1, 0.15) is 79.4 Å². The Bertz CT molecular complexity index is 1550. The lowest BCUT2D eigenvalue weighted by atomic mass is 9.50. The fourth-order valence-corrected chi connectivity index (χ4v) is 8.72. The number of rotatable bonds is 6. The quantitative estimate of drug-likeness (QED) is 0.343. The Morgan fingerprint density at radius 1 is 1.04 bits per heavy atom. The number of allylic oxidation sites excluding steroid dienone is 4. The molecule has 1 N–H and O–H groups in total. The molecule has 4 aliphatic carbocycles. The van der Waals surface area contributed by atoms with E-state index in [0.717, 1.165) is 22.4 Å². The molecule has 1 heterocycles. The summed E-state index contributed by atoms with van der Waals surface area (Å²) >= 11 is 0. The molecular formula is C35H37F5N2O3. The predicted octanol–water partition coefficient (Wildman–Crippen LogP) is 7.22. The molecule has 0 aliphatic heterocycles. The van der Waals surface area contributed by atoms with E-state index in [1.54, 1.807) is 48.5 Å². The first-order valence-corrected chi connectivity index (χ1v) is 15.6. The molecule has 2 fully saturated rings. The molecule has 1 amide bonds. The summed E-state index contributed by atoms with van der Waals surface area (Å²) < 4.78 is 71.8. The molecule has 4 aliphatic rings. The van der Waals surface area contributed by atoms with Crippen molar-refractivity contribution in [2.24, 2.45) is 17.3 Å². The van der Waals surface area contributed by atoms with Crippen LogP contribution >= 0.6 is 0 Å². The molecule has 1 aromatic heterocycles. The number of halogens is 5. The largest absolute Gasteiger partial charge is 0.456 e. The number of nitrogens with zero attached hydrogens (tertiary/aromatic N) is 2. The molecular weight excluding hydrogens is 591 g/mol. The first-order valence-electron chi connectivity index (χ1n) is 15.6. The second-order valence-electron chi connectivity index (χ2n) is 13.4. The number of pyridine rings is 1. The highest BCUT2D eigenvalue weighted by Crippen LogP contribution is 2.70. The zero-order valence-corrected chi connectivity index (χ0v) is 25.3. The van der Waals surface area contributed by atoms with E-state index in [1.807, 2.05) is 18.2 Å². The van der Waals surface area contributed by atoms with Crippen LogP contribution in [0.15, 0.2) is 71.5 Å². The van der Waals surface area contributed by atoms with E-state index in [2.05, 4.69) is 4.98 Å². The number of hydrogen-bond donors (Lipinski definition) is 1. The summed E-state index contributed by atoms with van der Waals surface area (Å²) in [5, 5.41) is 11.4. The average Bonchev–Trinajstić information content (AvgIpc) is 3.30. The highest BCUT2D eigenvalue weighted by atomic mass is 19.4. The lowest BCUT2D eigenvalue weighted by Gasteiger charge is -2.56. The molecule has 5 nitrogen and oxygen atoms in total. The van der Waals surface area contributed by atoms with Gasteiger partial charge in [0.25, 0.3) is 5.91 Å². The number of carbonyl (C=O) groups excluding carboxylic acids is 2. The van der Waals surface area contributed by atoms with Gasteiger partial charge in [0.15, 0.2) is 5.78 Å². The first kappa shape index (κ1) is 31.6. The lowest BCUT2D eigenvalue weighted by molar-refractivity contribution is -0.362. The Hall–Kier alpha value is -3.40. The molecule has 10 heteroatoms. The lowest BCUT2D eigenvalue weighted by Crippen LogP contribution is -2.65. The smallest absolute Gasteiger partial charge is 0.383 e. The van der Waals surface area contributed by atoms with Crippen LogP contribution in [0.25, 0.3) is 0 Å². The van der Waals surface area contributed by atoms with Crippen LogP contribution in [0.3, 0.4) is 0 Å². The van der Waals surface area contributed by atoms with Gasteiger partial charge in [0.2, 0.25) is 0 Å². The van der Waals surface area contributed by atoms with Crippen LogP contribution in [0.4, 0.5) is 22.0 Å². The highest BCUT2D eigenvalue weighted by Gasteiger charge is 2.79. The Balaban J connectivity index is 1.36. The van der Waals surface area contributed by atoms with Gasteiger partial charge in [-0.15, -0.1) is 0 Å². The summed E-state index contributed by atoms with van der Waals surface area (Å²) in [6.45, 7) is 1.85. The third kappa shape index (κ3) is 5.04. The van der Waals surface area contributed by atoms with Crippen molar-refractivity contribution in [1.82, 2.24) is 9.88 Å². The minimum atomic E-state index is -5.90. The predicted molar refractivity (Wildman–Crippen MR) is 158 cm³/mol. The zero-order chi connectivity index (χ0) is 32.4. The third-order valence-corrected chi connectivity index (χ3v) is 11.1. The van der Waals surface area contributed by atoms with Gasteiger partial charge in [-0.3, -0.25) is 14.6 Å². The fraction of sp³-hybridized carbons (Fsp3) is 0.514. The monoisotopic (exact) mass is 628 g/mol. The van der Waals surface area contributed by atoms with E-state index in [1.165, 1.54) is 6.92 Å². The van der Waals surface area contributed by atoms with E-state index in [0.29, 0.717) is 49.8 Å². The van der Waals surface area contributed by atoms with Gasteiger partial charge in [-0.25, -0.2) is 0 Å². The summed E-state index contributed by atoms with van der Waals surface area (Å²) in [6, 6.07) is 12.4. The zero-order valence-electron chi connectivity index (χ0n) is 25.3. The maximum absolute atomic E-state index is 15.2. The Morgan fingerprint density at radius 2 is 1.78 bits per heavy atom. The number of carbonyl (C=O) groups is 2. The van der Waals surface area contributed by atoms with Crippen molar-refractivity contribution in [2.45, 2.75) is 81.9 Å². The number of likely N-dealkylation sites (N-methyl/N-ethyl adjacent to an activating group) is 1. The molecule has 2 aromatic rings. The van der Waals surface area contributed by atoms with Gasteiger partial charge >= 0.3 is 12.1 Å². The average molecular weight is 629 g/mol. The van der Waals surface area contributed by atoms with Crippen LogP contribution in [0.5, 0.6) is 0 Å². The van der Waals surface area contributed by atoms with Gasteiger partial charge in [0, 0.05) is 55.2 Å². The molecule has 0 spiro atoms. The van der Waals surface area contributed by atoms with Crippen LogP contribution < -0.4 is 0 Å². The summed E-state index contributed by atoms with van der Waals surface area (Å²) in [4.78, 5) is 31.4. The maximum Gasteiger partial charge on any atom is 0.456 e. The van der Waals surface area contributed by atoms with Crippen molar-refractivity contribution in [1.29, 1.82) is 0 Å². The number of aliphatic hydroxyl groups is 1. The molecule has 5 atom stereocenters. The van der Waals surface area contributed by atoms with Crippen LogP contribution in [-0.2, 0) is 11.2 Å². The van der Waals surface area contributed by atoms with E-state index in [9.17, 15) is 27.9 Å². The number of aromatic nitrogens is 1. The summed E-state index contributed by atoms with van der Waals surface area (Å²) in [7, 11) is 1.69. The van der Waals surface area contributed by atoms with Crippen LogP contribution in [0.2, 0.25) is 0 Å². The standard InChI is InChI=1S/C35H37F5N2O3/c1-32-20-28(21-6-8-22(9-7-21)31(44)42(2)18-15-24-5-3-4-17-41-24)30-26-13-11-25(43)19-23(26)10-12-27(30)29(32)14-16-33(32,45)34(36,37)35(38,39)40/h3-9,17,19,27-29,45H,10-16,18,20H2,1-2H3/t27?,28-,29?,32+,33-/m1/s1. The number of benzene rings is 1. The van der Waals surface area contributed by atoms with E-state index in [4.69, 9.17) is 0 Å². The van der Waals surface area contributed by atoms with Gasteiger partial charge in [0.05, 0.1) is 0 Å². The Kier molecular flexibility index (Phi) is 7.82. The molecule has 0 radical (unpaired) electrons. The van der Waals surface area contributed by atoms with E-state index in [-0.39, 0.29) is 30.4 Å². The van der Waals surface area contributed by atoms with Crippen molar-refractivity contribution < 1.29 is 36.6 Å². The summed E-state index contributed by atoms with van der Waals surface area (Å²) in [5.74, 6) is -6.89. The number of amides is 1. The van der Waals surface area contributed by atoms with E-state index >= 15 is 8.78 Å². The second kappa shape index (κ2) is 11.1. The Morgan fingerprint density at radius 3 is 2.44 bits per heavy atom. The highest BCUT2D eigenvalue weighted by molar-refractivity contribution is 5.94. The number of alkyl halides is 5. The van der Waals surface area contributed by atoms with Gasteiger partial charge < -0.3 is 10.0 Å². The summed E-state index contributed by atoms with van der Waals surface area (Å²) in [6.07, 6.45) is -0.801. The van der Waals surface area contributed by atoms with Gasteiger partial charge in [-0.05, 0) is 97.4 Å². The molecule has 2 saturated carbocycles. The van der Waals surface area contributed by atoms with Crippen molar-refractivity contribution in [2.75, 3.05) is 13.6 Å². The molecule has 0 saturated heterocycles. The minimum absolute atomic E-state index is 0.0279. The van der Waals surface area contributed by atoms with E-state index < -0.39 is 41.4 Å². The molecule has 0 bridgehead atoms. The number of fused-ring (bicyclic) bond motifs is 4. The third-order valence-electron chi connectivity index (χ3n) is 11.1. The fourth-order valence-electron chi connectivity index (χ4n) is 8.72. The molecule has 240 valence electrons. The van der Waals surface area contributed by atoms with Crippen molar-refractivity contribution >= 4 is 11.7 Å².